The average molecular weight is 382 g/mol. The lowest BCUT2D eigenvalue weighted by atomic mass is 10.2. The molecule has 0 saturated carbocycles. The summed E-state index contributed by atoms with van der Waals surface area (Å²) in [5.74, 6) is -0.154. The molecule has 0 amide bonds. The zero-order valence-corrected chi connectivity index (χ0v) is 15.3. The molecule has 2 aromatic heterocycles. The molecule has 0 saturated heterocycles. The SMILES string of the molecule is CCOC(=O)c1nc(NCc2cccc(Cl)c2)c2oc3ccccc3c2n1. The predicted octanol–water partition coefficient (Wildman–Crippen LogP) is 4.82. The quantitative estimate of drug-likeness (QED) is 0.499. The summed E-state index contributed by atoms with van der Waals surface area (Å²) in [6.07, 6.45) is 0. The van der Waals surface area contributed by atoms with Crippen molar-refractivity contribution in [2.24, 2.45) is 0 Å². The van der Waals surface area contributed by atoms with Gasteiger partial charge in [0, 0.05) is 17.0 Å². The third-order valence-corrected chi connectivity index (χ3v) is 4.26. The zero-order valence-electron chi connectivity index (χ0n) is 14.5. The number of carbonyl (C=O) groups is 1. The molecule has 27 heavy (non-hydrogen) atoms. The Kier molecular flexibility index (Phi) is 4.64. The molecule has 0 unspecified atom stereocenters. The van der Waals surface area contributed by atoms with Crippen LogP contribution in [0.1, 0.15) is 23.1 Å². The van der Waals surface area contributed by atoms with Crippen LogP contribution in [0, 0.1) is 0 Å². The van der Waals surface area contributed by atoms with Crippen LogP contribution >= 0.6 is 11.6 Å². The van der Waals surface area contributed by atoms with E-state index >= 15 is 0 Å². The summed E-state index contributed by atoms with van der Waals surface area (Å²) < 4.78 is 11.0. The first kappa shape index (κ1) is 17.3. The van der Waals surface area contributed by atoms with Gasteiger partial charge in [0.2, 0.25) is 5.82 Å². The van der Waals surface area contributed by atoms with Crippen molar-refractivity contribution in [3.63, 3.8) is 0 Å². The highest BCUT2D eigenvalue weighted by Crippen LogP contribution is 2.31. The van der Waals surface area contributed by atoms with Crippen LogP contribution in [0.5, 0.6) is 0 Å². The van der Waals surface area contributed by atoms with Gasteiger partial charge in [-0.1, -0.05) is 35.9 Å². The summed E-state index contributed by atoms with van der Waals surface area (Å²) in [5.41, 5.74) is 2.71. The molecule has 2 aromatic carbocycles. The third kappa shape index (κ3) is 3.44. The Hall–Kier alpha value is -3.12. The van der Waals surface area contributed by atoms with E-state index in [2.05, 4.69) is 15.3 Å². The summed E-state index contributed by atoms with van der Waals surface area (Å²) in [6.45, 7) is 2.45. The number of furan rings is 1. The molecule has 4 rings (SSSR count). The Bertz CT molecular complexity index is 1140. The Labute approximate surface area is 160 Å². The molecular weight excluding hydrogens is 366 g/mol. The number of rotatable bonds is 5. The molecule has 0 aliphatic rings. The number of hydrogen-bond acceptors (Lipinski definition) is 6. The molecule has 7 heteroatoms. The molecule has 4 aromatic rings. The first-order valence-corrected chi connectivity index (χ1v) is 8.88. The summed E-state index contributed by atoms with van der Waals surface area (Å²) in [5, 5.41) is 4.68. The maximum Gasteiger partial charge on any atom is 0.376 e. The van der Waals surface area contributed by atoms with Crippen molar-refractivity contribution in [1.82, 2.24) is 9.97 Å². The number of anilines is 1. The van der Waals surface area contributed by atoms with E-state index in [1.54, 1.807) is 6.92 Å². The van der Waals surface area contributed by atoms with Crippen molar-refractivity contribution in [1.29, 1.82) is 0 Å². The van der Waals surface area contributed by atoms with Gasteiger partial charge < -0.3 is 14.5 Å². The standard InChI is InChI=1S/C20H16ClN3O3/c1-2-26-20(25)19-23-16-14-8-3-4-9-15(14)27-17(16)18(24-19)22-11-12-6-5-7-13(21)10-12/h3-10H,2,11H2,1H3,(H,22,23,24). The fourth-order valence-electron chi connectivity index (χ4n) is 2.83. The number of halogens is 1. The number of nitrogens with one attached hydrogen (secondary N) is 1. The predicted molar refractivity (Wildman–Crippen MR) is 104 cm³/mol. The number of aromatic nitrogens is 2. The number of ether oxygens (including phenoxy) is 1. The fourth-order valence-corrected chi connectivity index (χ4v) is 3.04. The van der Waals surface area contributed by atoms with Gasteiger partial charge in [0.05, 0.1) is 6.61 Å². The molecule has 136 valence electrons. The highest BCUT2D eigenvalue weighted by atomic mass is 35.5. The van der Waals surface area contributed by atoms with Gasteiger partial charge in [0.15, 0.2) is 11.4 Å². The molecule has 0 aliphatic carbocycles. The van der Waals surface area contributed by atoms with Crippen molar-refractivity contribution in [2.45, 2.75) is 13.5 Å². The van der Waals surface area contributed by atoms with Crippen LogP contribution in [0.4, 0.5) is 5.82 Å². The van der Waals surface area contributed by atoms with Crippen molar-refractivity contribution in [2.75, 3.05) is 11.9 Å². The lowest BCUT2D eigenvalue weighted by Gasteiger charge is -2.08. The Morgan fingerprint density at radius 1 is 1.19 bits per heavy atom. The van der Waals surface area contributed by atoms with Crippen molar-refractivity contribution in [3.05, 3.63) is 64.9 Å². The second kappa shape index (κ2) is 7.25. The molecule has 6 nitrogen and oxygen atoms in total. The number of hydrogen-bond donors (Lipinski definition) is 1. The minimum Gasteiger partial charge on any atom is -0.460 e. The lowest BCUT2D eigenvalue weighted by molar-refractivity contribution is 0.0512. The highest BCUT2D eigenvalue weighted by Gasteiger charge is 2.19. The summed E-state index contributed by atoms with van der Waals surface area (Å²) in [4.78, 5) is 20.9. The van der Waals surface area contributed by atoms with Gasteiger partial charge in [-0.2, -0.15) is 0 Å². The van der Waals surface area contributed by atoms with Crippen molar-refractivity contribution >= 4 is 45.5 Å². The van der Waals surface area contributed by atoms with Gasteiger partial charge in [0.1, 0.15) is 11.1 Å². The number of fused-ring (bicyclic) bond motifs is 3. The van der Waals surface area contributed by atoms with Crippen LogP contribution in [0.15, 0.2) is 52.9 Å². The van der Waals surface area contributed by atoms with E-state index in [1.807, 2.05) is 48.5 Å². The molecule has 0 fully saturated rings. The van der Waals surface area contributed by atoms with Crippen LogP contribution in [0.2, 0.25) is 5.02 Å². The van der Waals surface area contributed by atoms with E-state index in [0.29, 0.717) is 34.1 Å². The van der Waals surface area contributed by atoms with Gasteiger partial charge in [0.25, 0.3) is 0 Å². The third-order valence-electron chi connectivity index (χ3n) is 4.03. The molecule has 0 atom stereocenters. The van der Waals surface area contributed by atoms with Gasteiger partial charge in [-0.3, -0.25) is 0 Å². The van der Waals surface area contributed by atoms with Crippen molar-refractivity contribution in [3.8, 4) is 0 Å². The second-order valence-electron chi connectivity index (χ2n) is 5.88. The van der Waals surface area contributed by atoms with E-state index in [9.17, 15) is 4.79 Å². The number of nitrogens with zero attached hydrogens (tertiary/aromatic N) is 2. The monoisotopic (exact) mass is 381 g/mol. The molecule has 0 radical (unpaired) electrons. The lowest BCUT2D eigenvalue weighted by Crippen LogP contribution is -2.12. The smallest absolute Gasteiger partial charge is 0.376 e. The van der Waals surface area contributed by atoms with Crippen LogP contribution in [0.3, 0.4) is 0 Å². The Morgan fingerprint density at radius 3 is 2.85 bits per heavy atom. The molecule has 1 N–H and O–H groups in total. The Balaban J connectivity index is 1.80. The normalized spacial score (nSPS) is 11.0. The zero-order chi connectivity index (χ0) is 18.8. The number of carbonyl (C=O) groups excluding carboxylic acids is 1. The van der Waals surface area contributed by atoms with E-state index in [-0.39, 0.29) is 12.4 Å². The van der Waals surface area contributed by atoms with Crippen LogP contribution in [-0.2, 0) is 11.3 Å². The van der Waals surface area contributed by atoms with Gasteiger partial charge in [-0.15, -0.1) is 0 Å². The van der Waals surface area contributed by atoms with E-state index in [4.69, 9.17) is 20.8 Å². The van der Waals surface area contributed by atoms with E-state index < -0.39 is 5.97 Å². The fraction of sp³-hybridized carbons (Fsp3) is 0.150. The van der Waals surface area contributed by atoms with E-state index in [1.165, 1.54) is 0 Å². The summed E-state index contributed by atoms with van der Waals surface area (Å²) in [6, 6.07) is 15.0. The minimum absolute atomic E-state index is 0.00972. The summed E-state index contributed by atoms with van der Waals surface area (Å²) in [7, 11) is 0. The maximum absolute atomic E-state index is 12.2. The molecule has 0 aliphatic heterocycles. The van der Waals surface area contributed by atoms with Gasteiger partial charge in [-0.25, -0.2) is 14.8 Å². The highest BCUT2D eigenvalue weighted by molar-refractivity contribution is 6.30. The van der Waals surface area contributed by atoms with E-state index in [0.717, 1.165) is 10.9 Å². The van der Waals surface area contributed by atoms with Crippen LogP contribution in [0.25, 0.3) is 22.1 Å². The largest absolute Gasteiger partial charge is 0.460 e. The van der Waals surface area contributed by atoms with Gasteiger partial charge >= 0.3 is 5.97 Å². The molecule has 0 spiro atoms. The van der Waals surface area contributed by atoms with Crippen LogP contribution in [-0.4, -0.2) is 22.5 Å². The van der Waals surface area contributed by atoms with Crippen molar-refractivity contribution < 1.29 is 13.9 Å². The maximum atomic E-state index is 12.2. The first-order chi connectivity index (χ1) is 13.2. The minimum atomic E-state index is -0.574. The second-order valence-corrected chi connectivity index (χ2v) is 6.31. The first-order valence-electron chi connectivity index (χ1n) is 8.50. The summed E-state index contributed by atoms with van der Waals surface area (Å²) >= 11 is 6.04. The topological polar surface area (TPSA) is 77.2 Å². The Morgan fingerprint density at radius 2 is 2.04 bits per heavy atom. The molecule has 2 heterocycles. The number of esters is 1. The number of para-hydroxylation sites is 1. The molecular formula is C20H16ClN3O3. The number of benzene rings is 2. The van der Waals surface area contributed by atoms with Gasteiger partial charge in [-0.05, 0) is 36.8 Å². The van der Waals surface area contributed by atoms with Crippen LogP contribution < -0.4 is 5.32 Å². The average Bonchev–Trinajstić information content (AvgIpc) is 3.05. The molecule has 0 bridgehead atoms.